The van der Waals surface area contributed by atoms with Crippen LogP contribution in [0.5, 0.6) is 0 Å². The maximum Gasteiger partial charge on any atom is 0.406 e. The zero-order valence-corrected chi connectivity index (χ0v) is 15.7. The van der Waals surface area contributed by atoms with E-state index >= 15 is 0 Å². The van der Waals surface area contributed by atoms with Crippen LogP contribution in [0.4, 0.5) is 4.79 Å². The molecule has 4 N–H and O–H groups in total. The highest BCUT2D eigenvalue weighted by atomic mass is 28.3. The Kier molecular flexibility index (Phi) is 7.35. The molecule has 0 aromatic carbocycles. The Balaban J connectivity index is 2.75. The van der Waals surface area contributed by atoms with E-state index in [-0.39, 0.29) is 12.5 Å². The predicted octanol–water partition coefficient (Wildman–Crippen LogP) is 2.71. The third kappa shape index (κ3) is 6.26. The van der Waals surface area contributed by atoms with E-state index in [4.69, 9.17) is 5.73 Å². The van der Waals surface area contributed by atoms with Crippen molar-refractivity contribution >= 4 is 14.2 Å². The SMILES string of the molecule is COC(=O)NC[C@](N)(CC[Si](C)(C)C)[C@H](O)C1CCCCC1. The summed E-state index contributed by atoms with van der Waals surface area (Å²) in [5, 5.41) is 13.6. The van der Waals surface area contributed by atoms with E-state index in [0.717, 1.165) is 38.1 Å². The predicted molar refractivity (Wildman–Crippen MR) is 92.7 cm³/mol. The van der Waals surface area contributed by atoms with Crippen LogP contribution in [0.3, 0.4) is 0 Å². The molecule has 1 amide bonds. The molecular formula is C16H34N2O3Si. The molecule has 6 heteroatoms. The lowest BCUT2D eigenvalue weighted by atomic mass is 9.76. The fourth-order valence-electron chi connectivity index (χ4n) is 3.18. The second kappa shape index (κ2) is 8.31. The number of amides is 1. The summed E-state index contributed by atoms with van der Waals surface area (Å²) in [6.45, 7) is 7.16. The molecule has 0 spiro atoms. The van der Waals surface area contributed by atoms with Gasteiger partial charge in [-0.25, -0.2) is 4.79 Å². The van der Waals surface area contributed by atoms with Gasteiger partial charge in [0.05, 0.1) is 18.8 Å². The fourth-order valence-corrected chi connectivity index (χ4v) is 4.39. The summed E-state index contributed by atoms with van der Waals surface area (Å²) in [4.78, 5) is 11.4. The molecule has 0 saturated heterocycles. The molecule has 0 bridgehead atoms. The minimum Gasteiger partial charge on any atom is -0.453 e. The van der Waals surface area contributed by atoms with Crippen LogP contribution >= 0.6 is 0 Å². The lowest BCUT2D eigenvalue weighted by Crippen LogP contribution is -2.61. The number of hydrogen-bond acceptors (Lipinski definition) is 4. The van der Waals surface area contributed by atoms with Gasteiger partial charge in [-0.15, -0.1) is 0 Å². The summed E-state index contributed by atoms with van der Waals surface area (Å²) in [6.07, 6.45) is 5.32. The van der Waals surface area contributed by atoms with Crippen LogP contribution in [0.2, 0.25) is 25.7 Å². The van der Waals surface area contributed by atoms with Crippen molar-refractivity contribution in [3.8, 4) is 0 Å². The summed E-state index contributed by atoms with van der Waals surface area (Å²) in [7, 11) is 0.0785. The topological polar surface area (TPSA) is 84.6 Å². The van der Waals surface area contributed by atoms with Crippen LogP contribution in [0, 0.1) is 5.92 Å². The Morgan fingerprint density at radius 3 is 2.45 bits per heavy atom. The summed E-state index contributed by atoms with van der Waals surface area (Å²) in [5.74, 6) is 0.250. The number of nitrogens with two attached hydrogens (primary N) is 1. The van der Waals surface area contributed by atoms with E-state index in [1.54, 1.807) is 0 Å². The Labute approximate surface area is 136 Å². The van der Waals surface area contributed by atoms with Gasteiger partial charge in [-0.3, -0.25) is 0 Å². The molecular weight excluding hydrogens is 296 g/mol. The Morgan fingerprint density at radius 2 is 1.95 bits per heavy atom. The van der Waals surface area contributed by atoms with Gasteiger partial charge >= 0.3 is 6.09 Å². The second-order valence-corrected chi connectivity index (χ2v) is 13.6. The number of nitrogens with one attached hydrogen (secondary N) is 1. The van der Waals surface area contributed by atoms with Crippen LogP contribution in [0.1, 0.15) is 38.5 Å². The molecule has 130 valence electrons. The molecule has 2 atom stereocenters. The molecule has 0 heterocycles. The lowest BCUT2D eigenvalue weighted by molar-refractivity contribution is 0.0142. The van der Waals surface area contributed by atoms with Crippen LogP contribution in [0.25, 0.3) is 0 Å². The smallest absolute Gasteiger partial charge is 0.406 e. The third-order valence-electron chi connectivity index (χ3n) is 4.77. The molecule has 0 radical (unpaired) electrons. The molecule has 1 aliphatic rings. The van der Waals surface area contributed by atoms with Gasteiger partial charge in [0.1, 0.15) is 0 Å². The van der Waals surface area contributed by atoms with E-state index < -0.39 is 25.8 Å². The van der Waals surface area contributed by atoms with Crippen molar-refractivity contribution in [2.75, 3.05) is 13.7 Å². The molecule has 0 aromatic heterocycles. The monoisotopic (exact) mass is 330 g/mol. The minimum atomic E-state index is -1.26. The van der Waals surface area contributed by atoms with Gasteiger partial charge in [-0.1, -0.05) is 44.9 Å². The number of alkyl carbamates (subject to hydrolysis) is 1. The highest BCUT2D eigenvalue weighted by Gasteiger charge is 2.40. The van der Waals surface area contributed by atoms with Crippen molar-refractivity contribution in [1.29, 1.82) is 0 Å². The Hall–Kier alpha value is -0.593. The zero-order chi connectivity index (χ0) is 16.8. The number of aliphatic hydroxyl groups is 1. The highest BCUT2D eigenvalue weighted by Crippen LogP contribution is 2.33. The van der Waals surface area contributed by atoms with Gasteiger partial charge in [0.15, 0.2) is 0 Å². The van der Waals surface area contributed by atoms with E-state index in [0.29, 0.717) is 0 Å². The number of aliphatic hydroxyl groups excluding tert-OH is 1. The number of methoxy groups -OCH3 is 1. The summed E-state index contributed by atoms with van der Waals surface area (Å²) in [5.41, 5.74) is 5.82. The summed E-state index contributed by atoms with van der Waals surface area (Å²) < 4.78 is 4.64. The second-order valence-electron chi connectivity index (χ2n) is 7.98. The quantitative estimate of drug-likeness (QED) is 0.627. The third-order valence-corrected chi connectivity index (χ3v) is 6.52. The van der Waals surface area contributed by atoms with E-state index in [1.165, 1.54) is 13.5 Å². The van der Waals surface area contributed by atoms with Crippen molar-refractivity contribution in [3.63, 3.8) is 0 Å². The minimum absolute atomic E-state index is 0.250. The molecule has 1 fully saturated rings. The molecule has 1 saturated carbocycles. The van der Waals surface area contributed by atoms with Crippen LogP contribution in [-0.4, -0.2) is 44.6 Å². The first-order chi connectivity index (χ1) is 10.2. The van der Waals surface area contributed by atoms with Gasteiger partial charge < -0.3 is 20.9 Å². The van der Waals surface area contributed by atoms with Gasteiger partial charge in [-0.2, -0.15) is 0 Å². The maximum absolute atomic E-state index is 11.4. The number of hydrogen-bond donors (Lipinski definition) is 3. The van der Waals surface area contributed by atoms with Gasteiger partial charge in [0, 0.05) is 14.6 Å². The van der Waals surface area contributed by atoms with Gasteiger partial charge in [0.25, 0.3) is 0 Å². The van der Waals surface area contributed by atoms with Crippen molar-refractivity contribution in [1.82, 2.24) is 5.32 Å². The van der Waals surface area contributed by atoms with Gasteiger partial charge in [-0.05, 0) is 25.2 Å². The molecule has 5 nitrogen and oxygen atoms in total. The van der Waals surface area contributed by atoms with E-state index in [1.807, 2.05) is 0 Å². The fraction of sp³-hybridized carbons (Fsp3) is 0.938. The number of carbonyl (C=O) groups excluding carboxylic acids is 1. The summed E-state index contributed by atoms with van der Waals surface area (Å²) >= 11 is 0. The standard InChI is InChI=1S/C16H34N2O3Si/c1-21-15(20)18-12-16(17,10-11-22(2,3)4)14(19)13-8-6-5-7-9-13/h13-14,19H,5-12,17H2,1-4H3,(H,18,20)/t14-,16-/m1/s1. The Bertz CT molecular complexity index is 354. The first-order valence-corrected chi connectivity index (χ1v) is 12.2. The van der Waals surface area contributed by atoms with Crippen molar-refractivity contribution in [2.24, 2.45) is 11.7 Å². The van der Waals surface area contributed by atoms with Crippen LogP contribution in [-0.2, 0) is 4.74 Å². The van der Waals surface area contributed by atoms with Crippen LogP contribution in [0.15, 0.2) is 0 Å². The molecule has 0 unspecified atom stereocenters. The maximum atomic E-state index is 11.4. The van der Waals surface area contributed by atoms with Crippen molar-refractivity contribution in [2.45, 2.75) is 75.9 Å². The average Bonchev–Trinajstić information content (AvgIpc) is 2.50. The first-order valence-electron chi connectivity index (χ1n) is 8.47. The Morgan fingerprint density at radius 1 is 1.36 bits per heavy atom. The number of ether oxygens (including phenoxy) is 1. The van der Waals surface area contributed by atoms with Gasteiger partial charge in [0.2, 0.25) is 0 Å². The number of rotatable bonds is 7. The normalized spacial score (nSPS) is 21.0. The average molecular weight is 331 g/mol. The van der Waals surface area contributed by atoms with Crippen molar-refractivity contribution < 1.29 is 14.6 Å². The molecule has 0 aliphatic heterocycles. The molecule has 1 aliphatic carbocycles. The molecule has 0 aromatic rings. The largest absolute Gasteiger partial charge is 0.453 e. The zero-order valence-electron chi connectivity index (χ0n) is 14.7. The highest BCUT2D eigenvalue weighted by molar-refractivity contribution is 6.76. The number of carbonyl (C=O) groups is 1. The summed E-state index contributed by atoms with van der Waals surface area (Å²) in [6, 6.07) is 1.04. The van der Waals surface area contributed by atoms with Crippen LogP contribution < -0.4 is 11.1 Å². The molecule has 1 rings (SSSR count). The van der Waals surface area contributed by atoms with Crippen molar-refractivity contribution in [3.05, 3.63) is 0 Å². The lowest BCUT2D eigenvalue weighted by Gasteiger charge is -2.41. The molecule has 22 heavy (non-hydrogen) atoms. The van der Waals surface area contributed by atoms with E-state index in [9.17, 15) is 9.90 Å². The van der Waals surface area contributed by atoms with E-state index in [2.05, 4.69) is 29.7 Å². The first kappa shape index (κ1) is 19.5.